The molecular formula is C23H38IN5O2. The van der Waals surface area contributed by atoms with Crippen LogP contribution in [0.4, 0.5) is 0 Å². The standard InChI is InChI=1S/C23H37N5O2.HI/c1-25-23(26-10-4-12-30-17-18-8-9-18)27-14-19-5-2-6-20(13-19)15-28-11-3-7-21(16-28)22(24)29;/h2,5-6,13,18,21H,3-4,7-12,14-17H2,1H3,(H2,24,29)(H2,25,26,27);1H. The number of nitrogens with one attached hydrogen (secondary N) is 2. The van der Waals surface area contributed by atoms with Gasteiger partial charge in [-0.3, -0.25) is 14.7 Å². The van der Waals surface area contributed by atoms with Crippen molar-refractivity contribution in [3.8, 4) is 0 Å². The lowest BCUT2D eigenvalue weighted by Crippen LogP contribution is -2.40. The predicted molar refractivity (Wildman–Crippen MR) is 135 cm³/mol. The number of rotatable bonds is 11. The molecule has 0 spiro atoms. The summed E-state index contributed by atoms with van der Waals surface area (Å²) in [7, 11) is 1.79. The highest BCUT2D eigenvalue weighted by Crippen LogP contribution is 2.28. The van der Waals surface area contributed by atoms with E-state index in [2.05, 4.69) is 44.8 Å². The SMILES string of the molecule is CN=C(NCCCOCC1CC1)NCc1cccc(CN2CCCC(C(N)=O)C2)c1.I. The molecule has 1 amide bonds. The normalized spacial score (nSPS) is 19.5. The Kier molecular flexibility index (Phi) is 11.6. The molecule has 1 aromatic rings. The molecule has 1 heterocycles. The van der Waals surface area contributed by atoms with Crippen LogP contribution in [0.2, 0.25) is 0 Å². The van der Waals surface area contributed by atoms with E-state index in [1.54, 1.807) is 7.05 Å². The van der Waals surface area contributed by atoms with Gasteiger partial charge >= 0.3 is 0 Å². The van der Waals surface area contributed by atoms with Gasteiger partial charge in [0.25, 0.3) is 0 Å². The Morgan fingerprint density at radius 1 is 1.26 bits per heavy atom. The van der Waals surface area contributed by atoms with E-state index in [9.17, 15) is 4.79 Å². The third kappa shape index (κ3) is 9.74. The summed E-state index contributed by atoms with van der Waals surface area (Å²) in [6.07, 6.45) is 5.59. The highest BCUT2D eigenvalue weighted by molar-refractivity contribution is 14.0. The zero-order valence-electron chi connectivity index (χ0n) is 18.6. The summed E-state index contributed by atoms with van der Waals surface area (Å²) in [6, 6.07) is 8.58. The van der Waals surface area contributed by atoms with Crippen molar-refractivity contribution in [3.05, 3.63) is 35.4 Å². The molecule has 31 heavy (non-hydrogen) atoms. The summed E-state index contributed by atoms with van der Waals surface area (Å²) in [4.78, 5) is 18.1. The molecule has 1 aromatic carbocycles. The first-order chi connectivity index (χ1) is 14.6. The van der Waals surface area contributed by atoms with E-state index in [4.69, 9.17) is 10.5 Å². The molecule has 0 bridgehead atoms. The highest BCUT2D eigenvalue weighted by atomic mass is 127. The van der Waals surface area contributed by atoms with Crippen LogP contribution in [0.25, 0.3) is 0 Å². The van der Waals surface area contributed by atoms with Gasteiger partial charge < -0.3 is 21.1 Å². The smallest absolute Gasteiger partial charge is 0.221 e. The van der Waals surface area contributed by atoms with Crippen molar-refractivity contribution in [2.75, 3.05) is 39.9 Å². The number of halogens is 1. The van der Waals surface area contributed by atoms with Crippen LogP contribution in [-0.4, -0.2) is 56.7 Å². The number of nitrogens with two attached hydrogens (primary N) is 1. The van der Waals surface area contributed by atoms with Crippen molar-refractivity contribution in [2.24, 2.45) is 22.6 Å². The monoisotopic (exact) mass is 543 g/mol. The molecule has 8 heteroatoms. The average molecular weight is 543 g/mol. The average Bonchev–Trinajstić information content (AvgIpc) is 3.57. The van der Waals surface area contributed by atoms with Crippen molar-refractivity contribution in [1.82, 2.24) is 15.5 Å². The number of hydrogen-bond donors (Lipinski definition) is 3. The first-order valence-electron chi connectivity index (χ1n) is 11.3. The number of benzene rings is 1. The molecule has 1 aliphatic heterocycles. The molecule has 7 nitrogen and oxygen atoms in total. The Labute approximate surface area is 203 Å². The van der Waals surface area contributed by atoms with Crippen LogP contribution in [0.5, 0.6) is 0 Å². The quantitative estimate of drug-likeness (QED) is 0.173. The van der Waals surface area contributed by atoms with E-state index in [1.807, 2.05) is 0 Å². The zero-order valence-corrected chi connectivity index (χ0v) is 21.0. The molecule has 1 saturated heterocycles. The number of piperidine rings is 1. The lowest BCUT2D eigenvalue weighted by atomic mass is 9.97. The van der Waals surface area contributed by atoms with Crippen LogP contribution in [0.3, 0.4) is 0 Å². The molecule has 2 fully saturated rings. The zero-order chi connectivity index (χ0) is 21.2. The van der Waals surface area contributed by atoms with Crippen molar-refractivity contribution >= 4 is 35.8 Å². The van der Waals surface area contributed by atoms with Gasteiger partial charge in [0.15, 0.2) is 5.96 Å². The van der Waals surface area contributed by atoms with E-state index in [0.29, 0.717) is 0 Å². The van der Waals surface area contributed by atoms with Gasteiger partial charge in [0.2, 0.25) is 5.91 Å². The molecule has 1 atom stereocenters. The summed E-state index contributed by atoms with van der Waals surface area (Å²) in [5.74, 6) is 1.44. The van der Waals surface area contributed by atoms with Gasteiger partial charge in [-0.2, -0.15) is 0 Å². The number of aliphatic imine (C=N–C) groups is 1. The van der Waals surface area contributed by atoms with Crippen LogP contribution in [0.15, 0.2) is 29.3 Å². The van der Waals surface area contributed by atoms with E-state index in [-0.39, 0.29) is 35.8 Å². The number of nitrogens with zero attached hydrogens (tertiary/aromatic N) is 2. The van der Waals surface area contributed by atoms with Gasteiger partial charge in [-0.05, 0) is 55.7 Å². The van der Waals surface area contributed by atoms with Crippen LogP contribution >= 0.6 is 24.0 Å². The number of primary amides is 1. The third-order valence-electron chi connectivity index (χ3n) is 5.80. The Bertz CT molecular complexity index is 711. The number of ether oxygens (including phenoxy) is 1. The summed E-state index contributed by atoms with van der Waals surface area (Å²) in [6.45, 7) is 5.92. The maximum atomic E-state index is 11.5. The molecule has 3 rings (SSSR count). The summed E-state index contributed by atoms with van der Waals surface area (Å²) < 4.78 is 5.67. The molecule has 0 aromatic heterocycles. The number of likely N-dealkylation sites (tertiary alicyclic amines) is 1. The number of carbonyl (C=O) groups is 1. The second kappa shape index (κ2) is 13.9. The maximum absolute atomic E-state index is 11.5. The Morgan fingerprint density at radius 3 is 2.81 bits per heavy atom. The van der Waals surface area contributed by atoms with Crippen molar-refractivity contribution in [2.45, 2.75) is 45.2 Å². The minimum Gasteiger partial charge on any atom is -0.381 e. The lowest BCUT2D eigenvalue weighted by Gasteiger charge is -2.31. The van der Waals surface area contributed by atoms with Crippen LogP contribution < -0.4 is 16.4 Å². The van der Waals surface area contributed by atoms with Crippen LogP contribution in [0.1, 0.15) is 43.2 Å². The van der Waals surface area contributed by atoms with E-state index in [0.717, 1.165) is 77.1 Å². The van der Waals surface area contributed by atoms with E-state index >= 15 is 0 Å². The lowest BCUT2D eigenvalue weighted by molar-refractivity contribution is -0.123. The molecule has 2 aliphatic rings. The number of hydrogen-bond acceptors (Lipinski definition) is 4. The first kappa shape index (κ1) is 25.9. The Hall–Kier alpha value is -1.39. The van der Waals surface area contributed by atoms with Crippen LogP contribution in [0, 0.1) is 11.8 Å². The van der Waals surface area contributed by atoms with Gasteiger partial charge in [-0.25, -0.2) is 0 Å². The highest BCUT2D eigenvalue weighted by Gasteiger charge is 2.24. The first-order valence-corrected chi connectivity index (χ1v) is 11.3. The summed E-state index contributed by atoms with van der Waals surface area (Å²) in [5.41, 5.74) is 7.98. The molecule has 1 unspecified atom stereocenters. The minimum atomic E-state index is -0.175. The third-order valence-corrected chi connectivity index (χ3v) is 5.80. The number of carbonyl (C=O) groups excluding carboxylic acids is 1. The fourth-order valence-corrected chi connectivity index (χ4v) is 3.85. The van der Waals surface area contributed by atoms with Gasteiger partial charge in [-0.1, -0.05) is 24.3 Å². The van der Waals surface area contributed by atoms with Crippen molar-refractivity contribution < 1.29 is 9.53 Å². The van der Waals surface area contributed by atoms with Crippen molar-refractivity contribution in [1.29, 1.82) is 0 Å². The van der Waals surface area contributed by atoms with Gasteiger partial charge in [0.05, 0.1) is 5.92 Å². The molecular weight excluding hydrogens is 505 g/mol. The van der Waals surface area contributed by atoms with Gasteiger partial charge in [0, 0.05) is 46.4 Å². The van der Waals surface area contributed by atoms with E-state index < -0.39 is 0 Å². The van der Waals surface area contributed by atoms with Crippen molar-refractivity contribution in [3.63, 3.8) is 0 Å². The second-order valence-electron chi connectivity index (χ2n) is 8.52. The Balaban J connectivity index is 0.00000341. The summed E-state index contributed by atoms with van der Waals surface area (Å²) in [5, 5.41) is 6.73. The molecule has 174 valence electrons. The molecule has 1 aliphatic carbocycles. The molecule has 4 N–H and O–H groups in total. The fraction of sp³-hybridized carbons (Fsp3) is 0.652. The molecule has 0 radical (unpaired) electrons. The molecule has 1 saturated carbocycles. The summed E-state index contributed by atoms with van der Waals surface area (Å²) >= 11 is 0. The second-order valence-corrected chi connectivity index (χ2v) is 8.52. The Morgan fingerprint density at radius 2 is 2.06 bits per heavy atom. The van der Waals surface area contributed by atoms with Gasteiger partial charge in [-0.15, -0.1) is 24.0 Å². The maximum Gasteiger partial charge on any atom is 0.221 e. The van der Waals surface area contributed by atoms with E-state index in [1.165, 1.54) is 24.0 Å². The predicted octanol–water partition coefficient (Wildman–Crippen LogP) is 2.48. The topological polar surface area (TPSA) is 92.0 Å². The largest absolute Gasteiger partial charge is 0.381 e. The fourth-order valence-electron chi connectivity index (χ4n) is 3.85. The minimum absolute atomic E-state index is 0. The van der Waals surface area contributed by atoms with Gasteiger partial charge in [0.1, 0.15) is 0 Å². The van der Waals surface area contributed by atoms with Crippen LogP contribution in [-0.2, 0) is 22.6 Å². The number of amides is 1. The number of guanidine groups is 1.